The van der Waals surface area contributed by atoms with E-state index in [2.05, 4.69) is 33.8 Å². The summed E-state index contributed by atoms with van der Waals surface area (Å²) in [5, 5.41) is 2.91. The van der Waals surface area contributed by atoms with Crippen molar-refractivity contribution in [1.29, 1.82) is 0 Å². The summed E-state index contributed by atoms with van der Waals surface area (Å²) >= 11 is 2.06. The molecule has 0 saturated carbocycles. The molecule has 0 spiro atoms. The zero-order valence-electron chi connectivity index (χ0n) is 15.4. The van der Waals surface area contributed by atoms with Crippen LogP contribution >= 0.6 is 11.8 Å². The number of amides is 2. The van der Waals surface area contributed by atoms with Crippen LogP contribution in [0.15, 0.2) is 0 Å². The largest absolute Gasteiger partial charge is 0.353 e. The first kappa shape index (κ1) is 19.0. The van der Waals surface area contributed by atoms with Gasteiger partial charge in [-0.2, -0.15) is 11.8 Å². The molecule has 1 unspecified atom stereocenters. The molecule has 6 nitrogen and oxygen atoms in total. The molecule has 7 heteroatoms. The van der Waals surface area contributed by atoms with E-state index in [1.807, 2.05) is 4.90 Å². The Labute approximate surface area is 155 Å². The third kappa shape index (κ3) is 4.89. The molecule has 0 radical (unpaired) electrons. The highest BCUT2D eigenvalue weighted by Crippen LogP contribution is 2.23. The van der Waals surface area contributed by atoms with Crippen LogP contribution in [-0.4, -0.2) is 95.9 Å². The first-order valence-electron chi connectivity index (χ1n) is 9.80. The molecule has 2 amide bonds. The van der Waals surface area contributed by atoms with E-state index in [0.29, 0.717) is 19.0 Å². The molecule has 3 aliphatic rings. The molecular formula is C18H32N4O2S. The van der Waals surface area contributed by atoms with Crippen LogP contribution in [0.4, 0.5) is 0 Å². The molecule has 3 rings (SSSR count). The summed E-state index contributed by atoms with van der Waals surface area (Å²) in [5.74, 6) is 2.69. The number of likely N-dealkylation sites (N-methyl/N-ethyl adjacent to an activating group) is 1. The van der Waals surface area contributed by atoms with Gasteiger partial charge in [0.05, 0.1) is 12.5 Å². The van der Waals surface area contributed by atoms with E-state index in [1.165, 1.54) is 24.3 Å². The Morgan fingerprint density at radius 2 is 1.96 bits per heavy atom. The molecular weight excluding hydrogens is 336 g/mol. The first-order chi connectivity index (χ1) is 12.2. The van der Waals surface area contributed by atoms with Crippen molar-refractivity contribution in [3.05, 3.63) is 0 Å². The standard InChI is InChI=1S/C18H32N4O2S/c1-2-20-9-6-19-18(24)16(20)14-17(23)22-8-3-7-21(10-11-22)15-4-12-25-13-5-15/h15-16H,2-14H2,1H3,(H,19,24). The summed E-state index contributed by atoms with van der Waals surface area (Å²) in [7, 11) is 0. The molecule has 3 aliphatic heterocycles. The maximum atomic E-state index is 12.8. The fourth-order valence-electron chi connectivity index (χ4n) is 4.26. The smallest absolute Gasteiger partial charge is 0.237 e. The lowest BCUT2D eigenvalue weighted by atomic mass is 10.1. The third-order valence-electron chi connectivity index (χ3n) is 5.81. The fraction of sp³-hybridized carbons (Fsp3) is 0.889. The number of rotatable bonds is 4. The zero-order valence-corrected chi connectivity index (χ0v) is 16.2. The third-order valence-corrected chi connectivity index (χ3v) is 6.85. The summed E-state index contributed by atoms with van der Waals surface area (Å²) in [6.45, 7) is 8.13. The quantitative estimate of drug-likeness (QED) is 0.789. The van der Waals surface area contributed by atoms with Crippen LogP contribution in [-0.2, 0) is 9.59 Å². The minimum absolute atomic E-state index is 0.0117. The molecule has 3 fully saturated rings. The molecule has 0 bridgehead atoms. The molecule has 1 N–H and O–H groups in total. The lowest BCUT2D eigenvalue weighted by Gasteiger charge is -2.35. The van der Waals surface area contributed by atoms with Crippen LogP contribution < -0.4 is 5.32 Å². The molecule has 0 aliphatic carbocycles. The van der Waals surface area contributed by atoms with Gasteiger partial charge in [0, 0.05) is 45.3 Å². The SMILES string of the molecule is CCN1CCNC(=O)C1CC(=O)N1CCCN(C2CCSCC2)CC1. The molecule has 142 valence electrons. The molecule has 0 aromatic carbocycles. The van der Waals surface area contributed by atoms with Crippen LogP contribution in [0, 0.1) is 0 Å². The molecule has 1 atom stereocenters. The van der Waals surface area contributed by atoms with Gasteiger partial charge < -0.3 is 10.2 Å². The predicted molar refractivity (Wildman–Crippen MR) is 102 cm³/mol. The van der Waals surface area contributed by atoms with Gasteiger partial charge in [0.1, 0.15) is 0 Å². The summed E-state index contributed by atoms with van der Waals surface area (Å²) < 4.78 is 0. The van der Waals surface area contributed by atoms with Gasteiger partial charge in [-0.25, -0.2) is 0 Å². The number of hydrogen-bond donors (Lipinski definition) is 1. The highest BCUT2D eigenvalue weighted by molar-refractivity contribution is 7.99. The highest BCUT2D eigenvalue weighted by atomic mass is 32.2. The van der Waals surface area contributed by atoms with Gasteiger partial charge in [-0.05, 0) is 37.3 Å². The molecule has 3 saturated heterocycles. The maximum absolute atomic E-state index is 12.8. The molecule has 25 heavy (non-hydrogen) atoms. The normalized spacial score (nSPS) is 27.8. The van der Waals surface area contributed by atoms with Crippen molar-refractivity contribution in [3.63, 3.8) is 0 Å². The Morgan fingerprint density at radius 1 is 1.16 bits per heavy atom. The number of carbonyl (C=O) groups is 2. The van der Waals surface area contributed by atoms with Crippen LogP contribution in [0.1, 0.15) is 32.6 Å². The van der Waals surface area contributed by atoms with Crippen molar-refractivity contribution in [1.82, 2.24) is 20.0 Å². The summed E-state index contributed by atoms with van der Waals surface area (Å²) in [5.41, 5.74) is 0. The van der Waals surface area contributed by atoms with E-state index in [1.54, 1.807) is 0 Å². The average molecular weight is 369 g/mol. The van der Waals surface area contributed by atoms with E-state index in [0.717, 1.165) is 45.7 Å². The number of piperazine rings is 1. The van der Waals surface area contributed by atoms with Gasteiger partial charge in [-0.3, -0.25) is 19.4 Å². The average Bonchev–Trinajstić information content (AvgIpc) is 2.90. The number of nitrogens with zero attached hydrogens (tertiary/aromatic N) is 3. The minimum atomic E-state index is -0.291. The summed E-state index contributed by atoms with van der Waals surface area (Å²) in [4.78, 5) is 31.7. The second kappa shape index (κ2) is 9.24. The molecule has 0 aromatic rings. The number of carbonyl (C=O) groups excluding carboxylic acids is 2. The van der Waals surface area contributed by atoms with Gasteiger partial charge in [0.15, 0.2) is 0 Å². The lowest BCUT2D eigenvalue weighted by molar-refractivity contribution is -0.138. The van der Waals surface area contributed by atoms with Gasteiger partial charge in [-0.1, -0.05) is 6.92 Å². The van der Waals surface area contributed by atoms with E-state index in [9.17, 15) is 9.59 Å². The van der Waals surface area contributed by atoms with Crippen LogP contribution in [0.2, 0.25) is 0 Å². The second-order valence-corrected chi connectivity index (χ2v) is 8.48. The van der Waals surface area contributed by atoms with Crippen molar-refractivity contribution in [3.8, 4) is 0 Å². The van der Waals surface area contributed by atoms with Gasteiger partial charge in [-0.15, -0.1) is 0 Å². The van der Waals surface area contributed by atoms with Gasteiger partial charge in [0.25, 0.3) is 0 Å². The van der Waals surface area contributed by atoms with Gasteiger partial charge >= 0.3 is 0 Å². The maximum Gasteiger partial charge on any atom is 0.237 e. The Kier molecular flexibility index (Phi) is 7.01. The number of nitrogens with one attached hydrogen (secondary N) is 1. The molecule has 0 aromatic heterocycles. The van der Waals surface area contributed by atoms with E-state index < -0.39 is 0 Å². The Hall–Kier alpha value is -0.790. The van der Waals surface area contributed by atoms with E-state index >= 15 is 0 Å². The van der Waals surface area contributed by atoms with Crippen molar-refractivity contribution < 1.29 is 9.59 Å². The van der Waals surface area contributed by atoms with E-state index in [-0.39, 0.29) is 17.9 Å². The fourth-order valence-corrected chi connectivity index (χ4v) is 5.34. The topological polar surface area (TPSA) is 55.9 Å². The summed E-state index contributed by atoms with van der Waals surface area (Å²) in [6.07, 6.45) is 3.93. The van der Waals surface area contributed by atoms with Crippen LogP contribution in [0.25, 0.3) is 0 Å². The zero-order chi connectivity index (χ0) is 17.6. The first-order valence-corrected chi connectivity index (χ1v) is 11.0. The molecule has 3 heterocycles. The Balaban J connectivity index is 1.52. The highest BCUT2D eigenvalue weighted by Gasteiger charge is 2.33. The number of thioether (sulfide) groups is 1. The monoisotopic (exact) mass is 368 g/mol. The van der Waals surface area contributed by atoms with Crippen molar-refractivity contribution in [2.45, 2.75) is 44.7 Å². The van der Waals surface area contributed by atoms with Crippen LogP contribution in [0.3, 0.4) is 0 Å². The van der Waals surface area contributed by atoms with Crippen molar-refractivity contribution in [2.24, 2.45) is 0 Å². The lowest BCUT2D eigenvalue weighted by Crippen LogP contribution is -2.56. The Morgan fingerprint density at radius 3 is 2.72 bits per heavy atom. The minimum Gasteiger partial charge on any atom is -0.353 e. The van der Waals surface area contributed by atoms with Crippen molar-refractivity contribution in [2.75, 3.05) is 57.3 Å². The van der Waals surface area contributed by atoms with E-state index in [4.69, 9.17) is 0 Å². The van der Waals surface area contributed by atoms with Gasteiger partial charge in [0.2, 0.25) is 11.8 Å². The summed E-state index contributed by atoms with van der Waals surface area (Å²) in [6, 6.07) is 0.414. The van der Waals surface area contributed by atoms with Crippen molar-refractivity contribution >= 4 is 23.6 Å². The second-order valence-electron chi connectivity index (χ2n) is 7.25. The number of hydrogen-bond acceptors (Lipinski definition) is 5. The predicted octanol–water partition coefficient (Wildman–Crippen LogP) is 0.627. The Bertz CT molecular complexity index is 470. The van der Waals surface area contributed by atoms with Crippen LogP contribution in [0.5, 0.6) is 0 Å².